The van der Waals surface area contributed by atoms with Crippen molar-refractivity contribution in [3.8, 4) is 0 Å². The number of amides is 1. The molecule has 0 aromatic rings. The van der Waals surface area contributed by atoms with Gasteiger partial charge in [-0.15, -0.1) is 0 Å². The number of carbonyl (C=O) groups excluding carboxylic acids is 1. The van der Waals surface area contributed by atoms with E-state index in [4.69, 9.17) is 4.74 Å². The Kier molecular flexibility index (Phi) is 6.36. The Balaban J connectivity index is 1.96. The van der Waals surface area contributed by atoms with Crippen molar-refractivity contribution in [2.24, 2.45) is 0 Å². The predicted molar refractivity (Wildman–Crippen MR) is 59.8 cm³/mol. The van der Waals surface area contributed by atoms with E-state index in [-0.39, 0.29) is 0 Å². The van der Waals surface area contributed by atoms with E-state index in [1.807, 2.05) is 4.90 Å². The third-order valence-electron chi connectivity index (χ3n) is 2.69. The minimum Gasteiger partial charge on any atom is -0.383 e. The molecule has 0 atom stereocenters. The van der Waals surface area contributed by atoms with E-state index in [1.165, 1.54) is 6.42 Å². The van der Waals surface area contributed by atoms with Gasteiger partial charge < -0.3 is 15.0 Å². The zero-order chi connectivity index (χ0) is 10.9. The molecule has 0 radical (unpaired) electrons. The van der Waals surface area contributed by atoms with Gasteiger partial charge in [-0.1, -0.05) is 0 Å². The number of methoxy groups -OCH3 is 1. The van der Waals surface area contributed by atoms with Gasteiger partial charge in [0.1, 0.15) is 0 Å². The molecule has 1 rings (SSSR count). The average molecular weight is 214 g/mol. The van der Waals surface area contributed by atoms with Crippen molar-refractivity contribution < 1.29 is 9.53 Å². The molecule has 0 unspecified atom stereocenters. The monoisotopic (exact) mass is 214 g/mol. The number of rotatable bonds is 7. The van der Waals surface area contributed by atoms with Crippen LogP contribution in [0.5, 0.6) is 0 Å². The van der Waals surface area contributed by atoms with Crippen LogP contribution in [0.15, 0.2) is 0 Å². The first-order valence-corrected chi connectivity index (χ1v) is 5.82. The predicted octanol–water partition coefficient (Wildman–Crippen LogP) is 0.625. The molecule has 0 aliphatic carbocycles. The lowest BCUT2D eigenvalue weighted by molar-refractivity contribution is -0.133. The maximum absolute atomic E-state index is 11.4. The van der Waals surface area contributed by atoms with Crippen molar-refractivity contribution in [1.82, 2.24) is 10.2 Å². The Morgan fingerprint density at radius 3 is 3.00 bits per heavy atom. The van der Waals surface area contributed by atoms with Gasteiger partial charge in [0.15, 0.2) is 0 Å². The molecule has 0 aromatic carbocycles. The Morgan fingerprint density at radius 1 is 1.40 bits per heavy atom. The molecule has 0 spiro atoms. The molecule has 1 saturated heterocycles. The van der Waals surface area contributed by atoms with Gasteiger partial charge >= 0.3 is 0 Å². The lowest BCUT2D eigenvalue weighted by Gasteiger charge is -2.26. The SMILES string of the molecule is COCCNCCCN1CCCCC1=O. The Labute approximate surface area is 92.0 Å². The fraction of sp³-hybridized carbons (Fsp3) is 0.909. The summed E-state index contributed by atoms with van der Waals surface area (Å²) in [6.45, 7) is 4.47. The summed E-state index contributed by atoms with van der Waals surface area (Å²) in [7, 11) is 1.70. The quantitative estimate of drug-likeness (QED) is 0.632. The number of piperidine rings is 1. The second kappa shape index (κ2) is 7.65. The molecular weight excluding hydrogens is 192 g/mol. The number of hydrogen-bond acceptors (Lipinski definition) is 3. The summed E-state index contributed by atoms with van der Waals surface area (Å²) in [4.78, 5) is 13.4. The molecule has 0 aromatic heterocycles. The lowest BCUT2D eigenvalue weighted by atomic mass is 10.1. The zero-order valence-corrected chi connectivity index (χ0v) is 9.63. The highest BCUT2D eigenvalue weighted by atomic mass is 16.5. The van der Waals surface area contributed by atoms with Crippen LogP contribution in [0.4, 0.5) is 0 Å². The highest BCUT2D eigenvalue weighted by Gasteiger charge is 2.16. The second-order valence-electron chi connectivity index (χ2n) is 3.93. The molecule has 4 heteroatoms. The summed E-state index contributed by atoms with van der Waals surface area (Å²) in [5.41, 5.74) is 0. The van der Waals surface area contributed by atoms with Gasteiger partial charge in [-0.2, -0.15) is 0 Å². The maximum Gasteiger partial charge on any atom is 0.222 e. The van der Waals surface area contributed by atoms with E-state index >= 15 is 0 Å². The average Bonchev–Trinajstić information content (AvgIpc) is 2.25. The molecule has 0 saturated carbocycles. The van der Waals surface area contributed by atoms with Gasteiger partial charge in [0.05, 0.1) is 6.61 Å². The number of hydrogen-bond donors (Lipinski definition) is 1. The third kappa shape index (κ3) is 5.14. The Hall–Kier alpha value is -0.610. The van der Waals surface area contributed by atoms with Crippen molar-refractivity contribution in [2.75, 3.05) is 39.9 Å². The zero-order valence-electron chi connectivity index (χ0n) is 9.63. The smallest absolute Gasteiger partial charge is 0.222 e. The minimum atomic E-state index is 0.332. The molecule has 1 fully saturated rings. The summed E-state index contributed by atoms with van der Waals surface area (Å²) < 4.78 is 4.93. The van der Waals surface area contributed by atoms with Crippen LogP contribution in [0, 0.1) is 0 Å². The molecule has 1 aliphatic heterocycles. The fourth-order valence-corrected chi connectivity index (χ4v) is 1.79. The van der Waals surface area contributed by atoms with Crippen LogP contribution in [0.2, 0.25) is 0 Å². The largest absolute Gasteiger partial charge is 0.383 e. The molecular formula is C11H22N2O2. The highest BCUT2D eigenvalue weighted by Crippen LogP contribution is 2.10. The first-order chi connectivity index (χ1) is 7.34. The van der Waals surface area contributed by atoms with Crippen LogP contribution < -0.4 is 5.32 Å². The normalized spacial score (nSPS) is 17.1. The van der Waals surface area contributed by atoms with Gasteiger partial charge in [-0.05, 0) is 25.8 Å². The number of carbonyl (C=O) groups is 1. The van der Waals surface area contributed by atoms with E-state index in [0.717, 1.165) is 52.0 Å². The highest BCUT2D eigenvalue weighted by molar-refractivity contribution is 5.76. The topological polar surface area (TPSA) is 41.6 Å². The van der Waals surface area contributed by atoms with Crippen LogP contribution in [0.25, 0.3) is 0 Å². The number of nitrogens with one attached hydrogen (secondary N) is 1. The molecule has 1 N–H and O–H groups in total. The summed E-state index contributed by atoms with van der Waals surface area (Å²) in [5, 5.41) is 3.28. The molecule has 4 nitrogen and oxygen atoms in total. The van der Waals surface area contributed by atoms with Gasteiger partial charge in [0, 0.05) is 33.2 Å². The third-order valence-corrected chi connectivity index (χ3v) is 2.69. The minimum absolute atomic E-state index is 0.332. The second-order valence-corrected chi connectivity index (χ2v) is 3.93. The molecule has 0 bridgehead atoms. The number of ether oxygens (including phenoxy) is 1. The Morgan fingerprint density at radius 2 is 2.27 bits per heavy atom. The number of likely N-dealkylation sites (tertiary alicyclic amines) is 1. The van der Waals surface area contributed by atoms with Crippen LogP contribution in [-0.2, 0) is 9.53 Å². The van der Waals surface area contributed by atoms with Gasteiger partial charge in [-0.25, -0.2) is 0 Å². The van der Waals surface area contributed by atoms with Crippen molar-refractivity contribution in [2.45, 2.75) is 25.7 Å². The van der Waals surface area contributed by atoms with E-state index in [2.05, 4.69) is 5.32 Å². The van der Waals surface area contributed by atoms with Crippen molar-refractivity contribution in [1.29, 1.82) is 0 Å². The summed E-state index contributed by atoms with van der Waals surface area (Å²) in [6.07, 6.45) is 4.02. The summed E-state index contributed by atoms with van der Waals surface area (Å²) in [5.74, 6) is 0.332. The van der Waals surface area contributed by atoms with E-state index in [9.17, 15) is 4.79 Å². The standard InChI is InChI=1S/C11H22N2O2/c1-15-10-7-12-6-4-9-13-8-3-2-5-11(13)14/h12H,2-10H2,1H3. The molecule has 1 amide bonds. The van der Waals surface area contributed by atoms with Crippen LogP contribution in [0.1, 0.15) is 25.7 Å². The van der Waals surface area contributed by atoms with Crippen molar-refractivity contribution >= 4 is 5.91 Å². The first kappa shape index (κ1) is 12.5. The Bertz CT molecular complexity index is 185. The van der Waals surface area contributed by atoms with Crippen molar-refractivity contribution in [3.63, 3.8) is 0 Å². The van der Waals surface area contributed by atoms with Gasteiger partial charge in [0.25, 0.3) is 0 Å². The van der Waals surface area contributed by atoms with Crippen molar-refractivity contribution in [3.05, 3.63) is 0 Å². The van der Waals surface area contributed by atoms with E-state index < -0.39 is 0 Å². The number of nitrogens with zero attached hydrogens (tertiary/aromatic N) is 1. The lowest BCUT2D eigenvalue weighted by Crippen LogP contribution is -2.37. The first-order valence-electron chi connectivity index (χ1n) is 5.82. The van der Waals surface area contributed by atoms with E-state index in [1.54, 1.807) is 7.11 Å². The van der Waals surface area contributed by atoms with Crippen LogP contribution in [0.3, 0.4) is 0 Å². The van der Waals surface area contributed by atoms with E-state index in [0.29, 0.717) is 5.91 Å². The van der Waals surface area contributed by atoms with Crippen LogP contribution >= 0.6 is 0 Å². The van der Waals surface area contributed by atoms with Crippen LogP contribution in [-0.4, -0.2) is 50.7 Å². The summed E-state index contributed by atoms with van der Waals surface area (Å²) >= 11 is 0. The molecule has 1 aliphatic rings. The fourth-order valence-electron chi connectivity index (χ4n) is 1.79. The van der Waals surface area contributed by atoms with Gasteiger partial charge in [0.2, 0.25) is 5.91 Å². The molecule has 88 valence electrons. The maximum atomic E-state index is 11.4. The molecule has 1 heterocycles. The van der Waals surface area contributed by atoms with Gasteiger partial charge in [-0.3, -0.25) is 4.79 Å². The summed E-state index contributed by atoms with van der Waals surface area (Å²) in [6, 6.07) is 0. The molecule has 15 heavy (non-hydrogen) atoms.